The van der Waals surface area contributed by atoms with Crippen LogP contribution in [-0.2, 0) is 9.53 Å². The molecule has 2 aliphatic rings. The number of nitrogens with zero attached hydrogens (tertiary/aromatic N) is 1. The van der Waals surface area contributed by atoms with Gasteiger partial charge in [0.15, 0.2) is 0 Å². The van der Waals surface area contributed by atoms with Gasteiger partial charge in [-0.25, -0.2) is 9.59 Å². The Morgan fingerprint density at radius 2 is 1.89 bits per heavy atom. The molecule has 1 heterocycles. The number of aliphatic carboxylic acids is 1. The third-order valence-corrected chi connectivity index (χ3v) is 4.09. The number of hydrogen-bond donors (Lipinski definition) is 1. The molecule has 3 atom stereocenters. The summed E-state index contributed by atoms with van der Waals surface area (Å²) in [6.07, 6.45) is -0.516. The van der Waals surface area contributed by atoms with Crippen LogP contribution in [0.15, 0.2) is 0 Å². The summed E-state index contributed by atoms with van der Waals surface area (Å²) < 4.78 is 5.26. The first-order valence-corrected chi connectivity index (χ1v) is 6.28. The van der Waals surface area contributed by atoms with E-state index in [1.54, 1.807) is 20.8 Å². The SMILES string of the molecule is CC(C)(C)OC(=O)N1CC2[C@@H]([C@@H]1C(=O)O)C2(C)C. The maximum atomic E-state index is 12.0. The Morgan fingerprint density at radius 1 is 1.33 bits per heavy atom. The first-order chi connectivity index (χ1) is 8.05. The Labute approximate surface area is 107 Å². The van der Waals surface area contributed by atoms with Crippen LogP contribution in [0.5, 0.6) is 0 Å². The minimum absolute atomic E-state index is 0.0293. The molecule has 1 aliphatic carbocycles. The average molecular weight is 255 g/mol. The van der Waals surface area contributed by atoms with Crippen molar-refractivity contribution in [2.24, 2.45) is 17.3 Å². The number of ether oxygens (including phenoxy) is 1. The number of carboxylic acids is 1. The molecule has 5 heteroatoms. The summed E-state index contributed by atoms with van der Waals surface area (Å²) in [5.74, 6) is -0.590. The molecule has 0 aromatic rings. The van der Waals surface area contributed by atoms with Gasteiger partial charge in [-0.2, -0.15) is 0 Å². The van der Waals surface area contributed by atoms with Gasteiger partial charge in [-0.05, 0) is 32.1 Å². The first kappa shape index (κ1) is 13.2. The lowest BCUT2D eigenvalue weighted by Gasteiger charge is -2.30. The minimum atomic E-state index is -0.932. The molecule has 1 saturated heterocycles. The van der Waals surface area contributed by atoms with Gasteiger partial charge < -0.3 is 9.84 Å². The number of amides is 1. The van der Waals surface area contributed by atoms with Gasteiger partial charge in [0.05, 0.1) is 0 Å². The molecule has 5 nitrogen and oxygen atoms in total. The van der Waals surface area contributed by atoms with E-state index in [4.69, 9.17) is 4.74 Å². The lowest BCUT2D eigenvalue weighted by molar-refractivity contribution is -0.143. The highest BCUT2D eigenvalue weighted by molar-refractivity contribution is 5.82. The van der Waals surface area contributed by atoms with E-state index < -0.39 is 23.7 Å². The van der Waals surface area contributed by atoms with E-state index >= 15 is 0 Å². The molecule has 0 radical (unpaired) electrons. The molecule has 1 aliphatic heterocycles. The second kappa shape index (κ2) is 3.62. The smallest absolute Gasteiger partial charge is 0.411 e. The van der Waals surface area contributed by atoms with E-state index in [2.05, 4.69) is 13.8 Å². The Balaban J connectivity index is 2.12. The highest BCUT2D eigenvalue weighted by Gasteiger charge is 2.70. The maximum Gasteiger partial charge on any atom is 0.411 e. The molecule has 1 unspecified atom stereocenters. The van der Waals surface area contributed by atoms with Gasteiger partial charge in [0.1, 0.15) is 11.6 Å². The number of fused-ring (bicyclic) bond motifs is 1. The number of hydrogen-bond acceptors (Lipinski definition) is 3. The topological polar surface area (TPSA) is 66.8 Å². The van der Waals surface area contributed by atoms with Gasteiger partial charge in [0.2, 0.25) is 0 Å². The van der Waals surface area contributed by atoms with Crippen LogP contribution in [0.4, 0.5) is 4.79 Å². The largest absolute Gasteiger partial charge is 0.480 e. The van der Waals surface area contributed by atoms with E-state index in [-0.39, 0.29) is 17.3 Å². The second-order valence-corrected chi connectivity index (χ2v) is 6.87. The van der Waals surface area contributed by atoms with Gasteiger partial charge >= 0.3 is 12.1 Å². The molecule has 0 bridgehead atoms. The summed E-state index contributed by atoms with van der Waals surface area (Å²) in [5.41, 5.74) is -0.565. The Kier molecular flexibility index (Phi) is 2.65. The summed E-state index contributed by atoms with van der Waals surface area (Å²) in [6.45, 7) is 9.95. The van der Waals surface area contributed by atoms with E-state index in [0.717, 1.165) is 0 Å². The lowest BCUT2D eigenvalue weighted by Crippen LogP contribution is -2.47. The van der Waals surface area contributed by atoms with Crippen molar-refractivity contribution in [1.82, 2.24) is 4.90 Å². The molecule has 0 spiro atoms. The first-order valence-electron chi connectivity index (χ1n) is 6.28. The predicted octanol–water partition coefficient (Wildman–Crippen LogP) is 1.96. The van der Waals surface area contributed by atoms with Gasteiger partial charge in [-0.3, -0.25) is 4.90 Å². The monoisotopic (exact) mass is 255 g/mol. The fourth-order valence-electron chi connectivity index (χ4n) is 3.08. The zero-order valence-corrected chi connectivity index (χ0v) is 11.6. The summed E-state index contributed by atoms with van der Waals surface area (Å²) in [7, 11) is 0. The number of carbonyl (C=O) groups excluding carboxylic acids is 1. The maximum absolute atomic E-state index is 12.0. The van der Waals surface area contributed by atoms with Crippen molar-refractivity contribution in [3.05, 3.63) is 0 Å². The predicted molar refractivity (Wildman–Crippen MR) is 65.1 cm³/mol. The summed E-state index contributed by atoms with van der Waals surface area (Å²) in [6, 6.07) is -0.736. The standard InChI is InChI=1S/C13H21NO4/c1-12(2,3)18-11(17)14-6-7-8(13(7,4)5)9(14)10(15)16/h7-9H,6H2,1-5H3,(H,15,16)/t7?,8-,9+/m0/s1. The minimum Gasteiger partial charge on any atom is -0.480 e. The van der Waals surface area contributed by atoms with Crippen LogP contribution in [0.3, 0.4) is 0 Å². The molecule has 1 amide bonds. The quantitative estimate of drug-likeness (QED) is 0.777. The summed E-state index contributed by atoms with van der Waals surface area (Å²) in [4.78, 5) is 24.7. The number of carboxylic acid groups (broad SMARTS) is 1. The van der Waals surface area contributed by atoms with Crippen molar-refractivity contribution in [2.45, 2.75) is 46.3 Å². The fourth-order valence-corrected chi connectivity index (χ4v) is 3.08. The Bertz CT molecular complexity index is 396. The third kappa shape index (κ3) is 1.95. The average Bonchev–Trinajstić information content (AvgIpc) is 2.59. The zero-order chi connectivity index (χ0) is 13.9. The normalized spacial score (nSPS) is 32.9. The summed E-state index contributed by atoms with van der Waals surface area (Å²) in [5, 5.41) is 9.31. The van der Waals surface area contributed by atoms with Crippen molar-refractivity contribution >= 4 is 12.1 Å². The lowest BCUT2D eigenvalue weighted by atomic mass is 10.0. The van der Waals surface area contributed by atoms with Gasteiger partial charge in [0.25, 0.3) is 0 Å². The third-order valence-electron chi connectivity index (χ3n) is 4.09. The molecule has 2 rings (SSSR count). The molecule has 102 valence electrons. The van der Waals surface area contributed by atoms with Crippen LogP contribution in [-0.4, -0.2) is 40.3 Å². The van der Waals surface area contributed by atoms with Crippen molar-refractivity contribution in [3.8, 4) is 0 Å². The highest BCUT2D eigenvalue weighted by Crippen LogP contribution is 2.64. The van der Waals surface area contributed by atoms with Crippen LogP contribution in [0.2, 0.25) is 0 Å². The molecular weight excluding hydrogens is 234 g/mol. The molecular formula is C13H21NO4. The van der Waals surface area contributed by atoms with Crippen molar-refractivity contribution in [1.29, 1.82) is 0 Å². The second-order valence-electron chi connectivity index (χ2n) is 6.87. The van der Waals surface area contributed by atoms with Crippen molar-refractivity contribution in [3.63, 3.8) is 0 Å². The van der Waals surface area contributed by atoms with Gasteiger partial charge in [0, 0.05) is 12.5 Å². The van der Waals surface area contributed by atoms with Crippen LogP contribution in [0.1, 0.15) is 34.6 Å². The molecule has 1 N–H and O–H groups in total. The van der Waals surface area contributed by atoms with Crippen molar-refractivity contribution < 1.29 is 19.4 Å². The van der Waals surface area contributed by atoms with E-state index in [1.165, 1.54) is 4.90 Å². The van der Waals surface area contributed by atoms with Crippen LogP contribution in [0.25, 0.3) is 0 Å². The van der Waals surface area contributed by atoms with Crippen LogP contribution in [0, 0.1) is 17.3 Å². The molecule has 0 aromatic heterocycles. The highest BCUT2D eigenvalue weighted by atomic mass is 16.6. The fraction of sp³-hybridized carbons (Fsp3) is 0.846. The van der Waals surface area contributed by atoms with Crippen LogP contribution < -0.4 is 0 Å². The Morgan fingerprint density at radius 3 is 2.33 bits per heavy atom. The van der Waals surface area contributed by atoms with Crippen LogP contribution >= 0.6 is 0 Å². The van der Waals surface area contributed by atoms with Crippen molar-refractivity contribution in [2.75, 3.05) is 6.54 Å². The number of likely N-dealkylation sites (tertiary alicyclic amines) is 1. The molecule has 18 heavy (non-hydrogen) atoms. The zero-order valence-electron chi connectivity index (χ0n) is 11.6. The van der Waals surface area contributed by atoms with E-state index in [1.807, 2.05) is 0 Å². The molecule has 1 saturated carbocycles. The van der Waals surface area contributed by atoms with E-state index in [0.29, 0.717) is 6.54 Å². The Hall–Kier alpha value is -1.26. The van der Waals surface area contributed by atoms with Gasteiger partial charge in [-0.15, -0.1) is 0 Å². The summed E-state index contributed by atoms with van der Waals surface area (Å²) >= 11 is 0. The molecule has 0 aromatic carbocycles. The number of carbonyl (C=O) groups is 2. The van der Waals surface area contributed by atoms with Gasteiger partial charge in [-0.1, -0.05) is 13.8 Å². The number of rotatable bonds is 1. The van der Waals surface area contributed by atoms with E-state index in [9.17, 15) is 14.7 Å². The number of piperidine rings is 1. The molecule has 2 fully saturated rings.